The van der Waals surface area contributed by atoms with Crippen molar-refractivity contribution in [3.63, 3.8) is 0 Å². The number of hydrogen-bond acceptors (Lipinski definition) is 1. The predicted octanol–water partition coefficient (Wildman–Crippen LogP) is 5.77. The van der Waals surface area contributed by atoms with E-state index >= 15 is 0 Å². The normalized spacial score (nSPS) is 10.7. The van der Waals surface area contributed by atoms with Gasteiger partial charge in [-0.25, -0.2) is 0 Å². The minimum absolute atomic E-state index is 0.501. The second kappa shape index (κ2) is 6.33. The zero-order chi connectivity index (χ0) is 15.5. The fourth-order valence-electron chi connectivity index (χ4n) is 2.71. The summed E-state index contributed by atoms with van der Waals surface area (Å²) < 4.78 is 0. The van der Waals surface area contributed by atoms with Gasteiger partial charge >= 0.3 is 0 Å². The molecule has 3 rings (SSSR count). The molecule has 1 nitrogen and oxygen atoms in total. The van der Waals surface area contributed by atoms with Gasteiger partial charge in [0.2, 0.25) is 0 Å². The Morgan fingerprint density at radius 2 is 1.73 bits per heavy atom. The van der Waals surface area contributed by atoms with Gasteiger partial charge in [-0.1, -0.05) is 42.5 Å². The highest BCUT2D eigenvalue weighted by atomic mass is 35.5. The Morgan fingerprint density at radius 3 is 2.45 bits per heavy atom. The van der Waals surface area contributed by atoms with Crippen LogP contribution in [0.2, 0.25) is 0 Å². The van der Waals surface area contributed by atoms with Gasteiger partial charge in [0, 0.05) is 17.6 Å². The molecule has 0 saturated carbocycles. The zero-order valence-corrected chi connectivity index (χ0v) is 13.6. The molecule has 110 valence electrons. The molecule has 0 atom stereocenters. The average Bonchev–Trinajstić information content (AvgIpc) is 2.58. The molecule has 0 aliphatic rings. The third-order valence-corrected chi connectivity index (χ3v) is 4.36. The molecule has 1 heterocycles. The van der Waals surface area contributed by atoms with Gasteiger partial charge < -0.3 is 0 Å². The van der Waals surface area contributed by atoms with Crippen molar-refractivity contribution in [3.8, 4) is 22.4 Å². The molecule has 0 unspecified atom stereocenters. The molecular formula is C20H18ClN. The second-order valence-electron chi connectivity index (χ2n) is 5.48. The molecular weight excluding hydrogens is 290 g/mol. The first-order valence-electron chi connectivity index (χ1n) is 7.37. The Hall–Kier alpha value is -2.12. The molecule has 0 aliphatic heterocycles. The maximum Gasteiger partial charge on any atom is 0.0711 e. The third kappa shape index (κ3) is 2.77. The summed E-state index contributed by atoms with van der Waals surface area (Å²) in [6.45, 7) is 4.32. The number of aromatic nitrogens is 1. The van der Waals surface area contributed by atoms with Crippen molar-refractivity contribution in [2.45, 2.75) is 19.7 Å². The number of pyridine rings is 1. The van der Waals surface area contributed by atoms with Crippen LogP contribution < -0.4 is 0 Å². The SMILES string of the molecule is Cc1ccc(-c2cc(CCl)ccn2)c(-c2ccccc2)c1C. The van der Waals surface area contributed by atoms with Gasteiger partial charge in [-0.2, -0.15) is 0 Å². The summed E-state index contributed by atoms with van der Waals surface area (Å²) in [4.78, 5) is 4.56. The predicted molar refractivity (Wildman–Crippen MR) is 94.1 cm³/mol. The van der Waals surface area contributed by atoms with Crippen molar-refractivity contribution < 1.29 is 0 Å². The lowest BCUT2D eigenvalue weighted by molar-refractivity contribution is 1.26. The Kier molecular flexibility index (Phi) is 4.26. The van der Waals surface area contributed by atoms with Crippen molar-refractivity contribution >= 4 is 11.6 Å². The Bertz CT molecular complexity index is 794. The summed E-state index contributed by atoms with van der Waals surface area (Å²) in [6.07, 6.45) is 1.83. The molecule has 3 aromatic rings. The number of alkyl halides is 1. The van der Waals surface area contributed by atoms with Crippen LogP contribution in [0.15, 0.2) is 60.8 Å². The van der Waals surface area contributed by atoms with Crippen LogP contribution in [-0.4, -0.2) is 4.98 Å². The molecule has 0 bridgehead atoms. The number of hydrogen-bond donors (Lipinski definition) is 0. The summed E-state index contributed by atoms with van der Waals surface area (Å²) in [7, 11) is 0. The van der Waals surface area contributed by atoms with Crippen molar-refractivity contribution in [3.05, 3.63) is 77.5 Å². The summed E-state index contributed by atoms with van der Waals surface area (Å²) >= 11 is 5.97. The van der Waals surface area contributed by atoms with Gasteiger partial charge in [0.1, 0.15) is 0 Å². The minimum atomic E-state index is 0.501. The van der Waals surface area contributed by atoms with E-state index in [0.29, 0.717) is 5.88 Å². The molecule has 0 spiro atoms. The smallest absolute Gasteiger partial charge is 0.0711 e. The Balaban J connectivity index is 2.26. The van der Waals surface area contributed by atoms with E-state index in [-0.39, 0.29) is 0 Å². The minimum Gasteiger partial charge on any atom is -0.256 e. The first-order chi connectivity index (χ1) is 10.7. The molecule has 2 aromatic carbocycles. The van der Waals surface area contributed by atoms with Gasteiger partial charge in [0.25, 0.3) is 0 Å². The monoisotopic (exact) mass is 307 g/mol. The van der Waals surface area contributed by atoms with Gasteiger partial charge in [-0.3, -0.25) is 4.98 Å². The van der Waals surface area contributed by atoms with Crippen molar-refractivity contribution in [1.29, 1.82) is 0 Å². The zero-order valence-electron chi connectivity index (χ0n) is 12.8. The second-order valence-corrected chi connectivity index (χ2v) is 5.75. The topological polar surface area (TPSA) is 12.9 Å². The summed E-state index contributed by atoms with van der Waals surface area (Å²) in [5.41, 5.74) is 8.26. The van der Waals surface area contributed by atoms with Crippen molar-refractivity contribution in [2.24, 2.45) is 0 Å². The highest BCUT2D eigenvalue weighted by Gasteiger charge is 2.13. The molecule has 0 amide bonds. The molecule has 22 heavy (non-hydrogen) atoms. The maximum absolute atomic E-state index is 5.97. The highest BCUT2D eigenvalue weighted by Crippen LogP contribution is 2.35. The summed E-state index contributed by atoms with van der Waals surface area (Å²) in [6, 6.07) is 18.8. The van der Waals surface area contributed by atoms with E-state index in [1.54, 1.807) is 0 Å². The fourth-order valence-corrected chi connectivity index (χ4v) is 2.88. The fraction of sp³-hybridized carbons (Fsp3) is 0.150. The average molecular weight is 308 g/mol. The number of aryl methyl sites for hydroxylation is 1. The van der Waals surface area contributed by atoms with E-state index in [1.807, 2.05) is 18.3 Å². The van der Waals surface area contributed by atoms with E-state index < -0.39 is 0 Å². The molecule has 0 aliphatic carbocycles. The molecule has 0 saturated heterocycles. The Morgan fingerprint density at radius 1 is 0.955 bits per heavy atom. The van der Waals surface area contributed by atoms with Crippen LogP contribution in [0, 0.1) is 13.8 Å². The van der Waals surface area contributed by atoms with Gasteiger partial charge in [0.15, 0.2) is 0 Å². The summed E-state index contributed by atoms with van der Waals surface area (Å²) in [5, 5.41) is 0. The summed E-state index contributed by atoms with van der Waals surface area (Å²) in [5.74, 6) is 0.501. The van der Waals surface area contributed by atoms with Crippen LogP contribution in [0.25, 0.3) is 22.4 Å². The van der Waals surface area contributed by atoms with E-state index in [2.05, 4.69) is 61.3 Å². The lowest BCUT2D eigenvalue weighted by Gasteiger charge is -2.15. The van der Waals surface area contributed by atoms with E-state index in [0.717, 1.165) is 16.8 Å². The van der Waals surface area contributed by atoms with Gasteiger partial charge in [0.05, 0.1) is 5.69 Å². The van der Waals surface area contributed by atoms with Crippen LogP contribution in [0.3, 0.4) is 0 Å². The lowest BCUT2D eigenvalue weighted by atomic mass is 9.90. The lowest BCUT2D eigenvalue weighted by Crippen LogP contribution is -1.94. The van der Waals surface area contributed by atoms with Crippen LogP contribution in [-0.2, 0) is 5.88 Å². The largest absolute Gasteiger partial charge is 0.256 e. The van der Waals surface area contributed by atoms with Crippen molar-refractivity contribution in [2.75, 3.05) is 0 Å². The quantitative estimate of drug-likeness (QED) is 0.560. The Labute approximate surface area is 136 Å². The van der Waals surface area contributed by atoms with E-state index in [9.17, 15) is 0 Å². The van der Waals surface area contributed by atoms with Crippen molar-refractivity contribution in [1.82, 2.24) is 4.98 Å². The molecule has 0 radical (unpaired) electrons. The maximum atomic E-state index is 5.97. The number of halogens is 1. The van der Waals surface area contributed by atoms with Gasteiger partial charge in [-0.05, 0) is 53.8 Å². The van der Waals surface area contributed by atoms with Crippen LogP contribution >= 0.6 is 11.6 Å². The van der Waals surface area contributed by atoms with Crippen LogP contribution in [0.1, 0.15) is 16.7 Å². The third-order valence-electron chi connectivity index (χ3n) is 4.05. The molecule has 0 fully saturated rings. The number of nitrogens with zero attached hydrogens (tertiary/aromatic N) is 1. The highest BCUT2D eigenvalue weighted by molar-refractivity contribution is 6.17. The van der Waals surface area contributed by atoms with Crippen LogP contribution in [0.5, 0.6) is 0 Å². The standard InChI is InChI=1S/C20H18ClN/c1-14-8-9-18(19-12-16(13-21)10-11-22-19)20(15(14)2)17-6-4-3-5-7-17/h3-12H,13H2,1-2H3. The number of benzene rings is 2. The van der Waals surface area contributed by atoms with Gasteiger partial charge in [-0.15, -0.1) is 11.6 Å². The first kappa shape index (κ1) is 14.8. The van der Waals surface area contributed by atoms with E-state index in [1.165, 1.54) is 22.3 Å². The number of rotatable bonds is 3. The molecule has 2 heteroatoms. The molecule has 0 N–H and O–H groups in total. The van der Waals surface area contributed by atoms with Crippen LogP contribution in [0.4, 0.5) is 0 Å². The molecule has 1 aromatic heterocycles. The van der Waals surface area contributed by atoms with E-state index in [4.69, 9.17) is 11.6 Å². The first-order valence-corrected chi connectivity index (χ1v) is 7.91.